The molecule has 0 unspecified atom stereocenters. The van der Waals surface area contributed by atoms with Crippen LogP contribution in [0.4, 0.5) is 5.69 Å². The smallest absolute Gasteiger partial charge is 0.276 e. The van der Waals surface area contributed by atoms with Crippen molar-refractivity contribution in [1.82, 2.24) is 9.78 Å². The molecule has 0 spiro atoms. The maximum atomic E-state index is 13.0. The van der Waals surface area contributed by atoms with E-state index in [0.29, 0.717) is 5.39 Å². The lowest BCUT2D eigenvalue weighted by Gasteiger charge is -2.09. The molecule has 27 heavy (non-hydrogen) atoms. The zero-order valence-corrected chi connectivity index (χ0v) is 16.2. The van der Waals surface area contributed by atoms with E-state index in [0.717, 1.165) is 37.3 Å². The highest BCUT2D eigenvalue weighted by Gasteiger charge is 2.16. The molecule has 4 aromatic rings. The first-order valence-corrected chi connectivity index (χ1v) is 9.51. The molecule has 0 saturated carbocycles. The van der Waals surface area contributed by atoms with Crippen LogP contribution >= 0.6 is 11.3 Å². The summed E-state index contributed by atoms with van der Waals surface area (Å²) in [5, 5.41) is 8.78. The average Bonchev–Trinajstić information content (AvgIpc) is 2.99. The molecule has 0 fully saturated rings. The van der Waals surface area contributed by atoms with Crippen molar-refractivity contribution in [3.8, 4) is 0 Å². The van der Waals surface area contributed by atoms with Gasteiger partial charge in [-0.25, -0.2) is 4.68 Å². The largest absolute Gasteiger partial charge is 0.324 e. The zero-order chi connectivity index (χ0) is 19.1. The molecule has 136 valence electrons. The van der Waals surface area contributed by atoms with Crippen LogP contribution in [0.25, 0.3) is 20.2 Å². The Morgan fingerprint density at radius 3 is 2.56 bits per heavy atom. The van der Waals surface area contributed by atoms with E-state index in [1.807, 2.05) is 63.2 Å². The van der Waals surface area contributed by atoms with E-state index < -0.39 is 0 Å². The van der Waals surface area contributed by atoms with Crippen LogP contribution < -0.4 is 10.9 Å². The molecule has 0 radical (unpaired) electrons. The van der Waals surface area contributed by atoms with Crippen LogP contribution in [0, 0.1) is 20.8 Å². The lowest BCUT2D eigenvalue weighted by atomic mass is 10.1. The van der Waals surface area contributed by atoms with Gasteiger partial charge in [0.1, 0.15) is 6.54 Å². The van der Waals surface area contributed by atoms with Gasteiger partial charge >= 0.3 is 0 Å². The summed E-state index contributed by atoms with van der Waals surface area (Å²) in [5.41, 5.74) is 3.39. The lowest BCUT2D eigenvalue weighted by molar-refractivity contribution is -0.117. The first kappa shape index (κ1) is 17.4. The molecule has 0 aliphatic carbocycles. The van der Waals surface area contributed by atoms with Crippen LogP contribution in [-0.2, 0) is 11.3 Å². The van der Waals surface area contributed by atoms with Gasteiger partial charge < -0.3 is 5.32 Å². The van der Waals surface area contributed by atoms with Crippen molar-refractivity contribution in [2.24, 2.45) is 0 Å². The van der Waals surface area contributed by atoms with E-state index in [2.05, 4.69) is 10.4 Å². The van der Waals surface area contributed by atoms with E-state index in [-0.39, 0.29) is 18.0 Å². The summed E-state index contributed by atoms with van der Waals surface area (Å²) in [7, 11) is 0. The molecule has 0 saturated heterocycles. The molecule has 1 amide bonds. The molecular formula is C21H19N3O2S. The standard InChI is InChI=1S/C21H19N3O2S/c1-12-8-13(2)10-15(9-12)22-18(25)11-24-21(26)19-16-6-4-5-7-17(16)27-20(19)14(3)23-24/h4-10H,11H2,1-3H3,(H,22,25). The molecule has 2 aromatic heterocycles. The van der Waals surface area contributed by atoms with Gasteiger partial charge in [-0.2, -0.15) is 5.10 Å². The van der Waals surface area contributed by atoms with Crippen molar-refractivity contribution in [2.45, 2.75) is 27.3 Å². The fourth-order valence-electron chi connectivity index (χ4n) is 3.40. The number of hydrogen-bond acceptors (Lipinski definition) is 4. The summed E-state index contributed by atoms with van der Waals surface area (Å²) in [6, 6.07) is 13.7. The van der Waals surface area contributed by atoms with Crippen LogP contribution in [0.3, 0.4) is 0 Å². The van der Waals surface area contributed by atoms with Crippen molar-refractivity contribution in [3.05, 3.63) is 69.6 Å². The van der Waals surface area contributed by atoms with Crippen molar-refractivity contribution >= 4 is 43.1 Å². The monoisotopic (exact) mass is 377 g/mol. The van der Waals surface area contributed by atoms with Crippen LogP contribution in [0.15, 0.2) is 47.3 Å². The number of benzene rings is 2. The van der Waals surface area contributed by atoms with Gasteiger partial charge in [0.05, 0.1) is 15.8 Å². The molecule has 2 aromatic carbocycles. The number of hydrogen-bond donors (Lipinski definition) is 1. The number of fused-ring (bicyclic) bond motifs is 3. The average molecular weight is 377 g/mol. The fraction of sp³-hybridized carbons (Fsp3) is 0.190. The predicted octanol–water partition coefficient (Wildman–Crippen LogP) is 4.18. The summed E-state index contributed by atoms with van der Waals surface area (Å²) < 4.78 is 3.19. The predicted molar refractivity (Wildman–Crippen MR) is 111 cm³/mol. The second-order valence-corrected chi connectivity index (χ2v) is 7.83. The maximum absolute atomic E-state index is 13.0. The molecule has 1 N–H and O–H groups in total. The number of carbonyl (C=O) groups is 1. The number of aryl methyl sites for hydroxylation is 3. The molecule has 6 heteroatoms. The first-order valence-electron chi connectivity index (χ1n) is 8.69. The molecule has 0 bridgehead atoms. The van der Waals surface area contributed by atoms with Crippen LogP contribution in [0.5, 0.6) is 0 Å². The Labute approximate surface area is 160 Å². The number of nitrogens with zero attached hydrogens (tertiary/aromatic N) is 2. The number of carbonyl (C=O) groups excluding carboxylic acids is 1. The van der Waals surface area contributed by atoms with Gasteiger partial charge in [-0.15, -0.1) is 11.3 Å². The highest BCUT2D eigenvalue weighted by atomic mass is 32.1. The van der Waals surface area contributed by atoms with Gasteiger partial charge in [-0.3, -0.25) is 9.59 Å². The number of thiophene rings is 1. The van der Waals surface area contributed by atoms with E-state index in [1.54, 1.807) is 11.3 Å². The molecular weight excluding hydrogens is 358 g/mol. The SMILES string of the molecule is Cc1cc(C)cc(NC(=O)Cn2nc(C)c3sc4ccccc4c3c2=O)c1. The minimum atomic E-state index is -0.270. The van der Waals surface area contributed by atoms with Gasteiger partial charge in [0, 0.05) is 15.8 Å². The van der Waals surface area contributed by atoms with Gasteiger partial charge in [0.2, 0.25) is 5.91 Å². The van der Waals surface area contributed by atoms with Crippen LogP contribution in [0.1, 0.15) is 16.8 Å². The summed E-state index contributed by atoms with van der Waals surface area (Å²) in [4.78, 5) is 25.5. The van der Waals surface area contributed by atoms with E-state index in [1.165, 1.54) is 4.68 Å². The second-order valence-electron chi connectivity index (χ2n) is 6.78. The Morgan fingerprint density at radius 2 is 1.81 bits per heavy atom. The summed E-state index contributed by atoms with van der Waals surface area (Å²) in [5.74, 6) is -0.270. The molecule has 4 rings (SSSR count). The van der Waals surface area contributed by atoms with E-state index >= 15 is 0 Å². The summed E-state index contributed by atoms with van der Waals surface area (Å²) in [6.45, 7) is 5.71. The van der Waals surface area contributed by atoms with Gasteiger partial charge in [-0.1, -0.05) is 24.3 Å². The molecule has 0 aliphatic rings. The summed E-state index contributed by atoms with van der Waals surface area (Å²) >= 11 is 1.56. The first-order chi connectivity index (χ1) is 12.9. The number of amides is 1. The molecule has 2 heterocycles. The Morgan fingerprint density at radius 1 is 1.11 bits per heavy atom. The van der Waals surface area contributed by atoms with E-state index in [4.69, 9.17) is 0 Å². The molecule has 0 aliphatic heterocycles. The Kier molecular flexibility index (Phi) is 4.28. The summed E-state index contributed by atoms with van der Waals surface area (Å²) in [6.07, 6.45) is 0. The Bertz CT molecular complexity index is 1230. The van der Waals surface area contributed by atoms with Crippen LogP contribution in [-0.4, -0.2) is 15.7 Å². The Hall–Kier alpha value is -2.99. The van der Waals surface area contributed by atoms with Crippen LogP contribution in [0.2, 0.25) is 0 Å². The van der Waals surface area contributed by atoms with Gasteiger partial charge in [0.15, 0.2) is 0 Å². The van der Waals surface area contributed by atoms with Crippen molar-refractivity contribution in [2.75, 3.05) is 5.32 Å². The highest BCUT2D eigenvalue weighted by molar-refractivity contribution is 7.26. The minimum Gasteiger partial charge on any atom is -0.324 e. The lowest BCUT2D eigenvalue weighted by Crippen LogP contribution is -2.30. The highest BCUT2D eigenvalue weighted by Crippen LogP contribution is 2.32. The Balaban J connectivity index is 1.71. The minimum absolute atomic E-state index is 0.118. The van der Waals surface area contributed by atoms with Gasteiger partial charge in [-0.05, 0) is 50.1 Å². The normalized spacial score (nSPS) is 11.2. The zero-order valence-electron chi connectivity index (χ0n) is 15.4. The third kappa shape index (κ3) is 3.24. The molecule has 0 atom stereocenters. The number of nitrogens with one attached hydrogen (secondary N) is 1. The maximum Gasteiger partial charge on any atom is 0.276 e. The third-order valence-electron chi connectivity index (χ3n) is 4.44. The topological polar surface area (TPSA) is 64.0 Å². The van der Waals surface area contributed by atoms with Gasteiger partial charge in [0.25, 0.3) is 5.56 Å². The third-order valence-corrected chi connectivity index (χ3v) is 5.72. The number of aromatic nitrogens is 2. The molecule has 5 nitrogen and oxygen atoms in total. The fourth-order valence-corrected chi connectivity index (χ4v) is 4.54. The number of anilines is 1. The quantitative estimate of drug-likeness (QED) is 0.583. The number of rotatable bonds is 3. The van der Waals surface area contributed by atoms with Crippen molar-refractivity contribution < 1.29 is 4.79 Å². The second kappa shape index (κ2) is 6.63. The van der Waals surface area contributed by atoms with Crippen molar-refractivity contribution in [3.63, 3.8) is 0 Å². The van der Waals surface area contributed by atoms with E-state index in [9.17, 15) is 9.59 Å². The van der Waals surface area contributed by atoms with Crippen molar-refractivity contribution in [1.29, 1.82) is 0 Å².